The summed E-state index contributed by atoms with van der Waals surface area (Å²) in [4.78, 5) is 21.6. The smallest absolute Gasteiger partial charge is 0.258 e. The van der Waals surface area contributed by atoms with E-state index >= 15 is 0 Å². The largest absolute Gasteiger partial charge is 0.369 e. The fourth-order valence-electron chi connectivity index (χ4n) is 3.31. The maximum absolute atomic E-state index is 12.8. The van der Waals surface area contributed by atoms with Crippen molar-refractivity contribution in [3.8, 4) is 0 Å². The van der Waals surface area contributed by atoms with E-state index in [0.717, 1.165) is 23.7 Å². The van der Waals surface area contributed by atoms with Gasteiger partial charge in [-0.25, -0.2) is 4.99 Å². The average Bonchev–Trinajstić information content (AvgIpc) is 2.71. The molecule has 0 radical (unpaired) electrons. The third-order valence-corrected chi connectivity index (χ3v) is 4.82. The fraction of sp³-hybridized carbons (Fsp3) is 0.261. The molecule has 2 aromatic carbocycles. The number of hydrogen-bond acceptors (Lipinski definition) is 3. The van der Waals surface area contributed by atoms with Gasteiger partial charge in [-0.2, -0.15) is 0 Å². The van der Waals surface area contributed by atoms with Gasteiger partial charge in [0, 0.05) is 11.6 Å². The molecule has 0 spiro atoms. The van der Waals surface area contributed by atoms with Crippen LogP contribution in [0.4, 0.5) is 5.69 Å². The van der Waals surface area contributed by atoms with E-state index in [1.165, 1.54) is 12.0 Å². The molecule has 28 heavy (non-hydrogen) atoms. The van der Waals surface area contributed by atoms with Crippen molar-refractivity contribution in [3.05, 3.63) is 71.9 Å². The van der Waals surface area contributed by atoms with Gasteiger partial charge in [0.05, 0.1) is 16.8 Å². The first kappa shape index (κ1) is 19.5. The van der Waals surface area contributed by atoms with Crippen LogP contribution in [0.15, 0.2) is 65.8 Å². The van der Waals surface area contributed by atoms with Gasteiger partial charge in [0.1, 0.15) is 0 Å². The maximum atomic E-state index is 12.8. The van der Waals surface area contributed by atoms with Gasteiger partial charge in [0.25, 0.3) is 5.91 Å². The zero-order chi connectivity index (χ0) is 19.9. The average molecular weight is 374 g/mol. The van der Waals surface area contributed by atoms with Gasteiger partial charge in [-0.05, 0) is 36.1 Å². The van der Waals surface area contributed by atoms with E-state index in [0.29, 0.717) is 17.2 Å². The third kappa shape index (κ3) is 4.55. The summed E-state index contributed by atoms with van der Waals surface area (Å²) in [5, 5.41) is 3.51. The minimum Gasteiger partial charge on any atom is -0.369 e. The summed E-state index contributed by atoms with van der Waals surface area (Å²) in [7, 11) is 0. The van der Waals surface area contributed by atoms with Gasteiger partial charge >= 0.3 is 0 Å². The first-order chi connectivity index (χ1) is 13.6. The molecule has 1 heterocycles. The van der Waals surface area contributed by atoms with Crippen molar-refractivity contribution in [2.75, 3.05) is 0 Å². The van der Waals surface area contributed by atoms with Gasteiger partial charge in [-0.15, -0.1) is 0 Å². The fourth-order valence-corrected chi connectivity index (χ4v) is 3.31. The van der Waals surface area contributed by atoms with E-state index in [1.54, 1.807) is 12.3 Å². The number of rotatable bonds is 6. The van der Waals surface area contributed by atoms with E-state index in [-0.39, 0.29) is 11.9 Å². The Kier molecular flexibility index (Phi) is 6.37. The minimum atomic E-state index is -0.289. The van der Waals surface area contributed by atoms with Crippen molar-refractivity contribution in [3.63, 3.8) is 0 Å². The number of nitrogens with two attached hydrogens (primary N) is 1. The second kappa shape index (κ2) is 9.13. The molecule has 1 unspecified atom stereocenters. The van der Waals surface area contributed by atoms with Crippen LogP contribution in [0.25, 0.3) is 10.9 Å². The molecule has 0 fully saturated rings. The standard InChI is InChI=1S/C23H26N4O/c1-3-4-9-16(2)18-12-8-13-19-20(14-15-25-21(18)19)22(28)27-23(24)26-17-10-6-5-7-11-17/h5-8,10-16H,3-4,9H2,1-2H3,(H3,24,26,27,28). The molecule has 5 nitrogen and oxygen atoms in total. The van der Waals surface area contributed by atoms with Gasteiger partial charge in [-0.3, -0.25) is 15.1 Å². The van der Waals surface area contributed by atoms with E-state index in [9.17, 15) is 4.79 Å². The van der Waals surface area contributed by atoms with Crippen LogP contribution < -0.4 is 11.1 Å². The van der Waals surface area contributed by atoms with Crippen LogP contribution in [0.3, 0.4) is 0 Å². The van der Waals surface area contributed by atoms with E-state index in [1.807, 2.05) is 42.5 Å². The number of carbonyl (C=O) groups excluding carboxylic acids is 1. The lowest BCUT2D eigenvalue weighted by Gasteiger charge is -2.15. The predicted octanol–water partition coefficient (Wildman–Crippen LogP) is 4.90. The van der Waals surface area contributed by atoms with E-state index in [4.69, 9.17) is 5.73 Å². The van der Waals surface area contributed by atoms with Crippen LogP contribution in [-0.4, -0.2) is 16.9 Å². The van der Waals surface area contributed by atoms with Gasteiger partial charge in [-0.1, -0.05) is 63.1 Å². The molecule has 1 atom stereocenters. The predicted molar refractivity (Wildman–Crippen MR) is 115 cm³/mol. The Labute approximate surface area is 165 Å². The highest BCUT2D eigenvalue weighted by Crippen LogP contribution is 2.29. The second-order valence-corrected chi connectivity index (χ2v) is 6.93. The first-order valence-corrected chi connectivity index (χ1v) is 9.68. The molecule has 0 aliphatic carbocycles. The number of amides is 1. The van der Waals surface area contributed by atoms with Gasteiger partial charge < -0.3 is 5.73 Å². The van der Waals surface area contributed by atoms with Crippen molar-refractivity contribution in [2.45, 2.75) is 39.0 Å². The van der Waals surface area contributed by atoms with Gasteiger partial charge in [0.15, 0.2) is 0 Å². The summed E-state index contributed by atoms with van der Waals surface area (Å²) in [5.41, 5.74) is 9.20. The Morgan fingerprint density at radius 1 is 1.14 bits per heavy atom. The van der Waals surface area contributed by atoms with Crippen molar-refractivity contribution in [2.24, 2.45) is 10.7 Å². The number of carbonyl (C=O) groups is 1. The number of fused-ring (bicyclic) bond motifs is 1. The summed E-state index contributed by atoms with van der Waals surface area (Å²) in [5.74, 6) is 0.163. The number of guanidine groups is 1. The molecule has 0 bridgehead atoms. The molecular formula is C23H26N4O. The highest BCUT2D eigenvalue weighted by atomic mass is 16.1. The van der Waals surface area contributed by atoms with Crippen LogP contribution in [0.2, 0.25) is 0 Å². The molecule has 3 aromatic rings. The summed E-state index contributed by atoms with van der Waals surface area (Å²) in [6.45, 7) is 4.40. The molecule has 0 saturated heterocycles. The quantitative estimate of drug-likeness (QED) is 0.475. The van der Waals surface area contributed by atoms with Crippen molar-refractivity contribution in [1.29, 1.82) is 0 Å². The second-order valence-electron chi connectivity index (χ2n) is 6.93. The number of nitrogens with one attached hydrogen (secondary N) is 1. The van der Waals surface area contributed by atoms with Crippen LogP contribution >= 0.6 is 0 Å². The molecule has 5 heteroatoms. The number of hydrogen-bond donors (Lipinski definition) is 2. The van der Waals surface area contributed by atoms with Crippen molar-refractivity contribution < 1.29 is 4.79 Å². The number of para-hydroxylation sites is 2. The molecule has 3 N–H and O–H groups in total. The summed E-state index contributed by atoms with van der Waals surface area (Å²) < 4.78 is 0. The first-order valence-electron chi connectivity index (χ1n) is 9.68. The highest BCUT2D eigenvalue weighted by Gasteiger charge is 2.16. The van der Waals surface area contributed by atoms with Crippen LogP contribution in [0, 0.1) is 0 Å². The Morgan fingerprint density at radius 3 is 2.68 bits per heavy atom. The van der Waals surface area contributed by atoms with Crippen molar-refractivity contribution >= 4 is 28.5 Å². The third-order valence-electron chi connectivity index (χ3n) is 4.82. The van der Waals surface area contributed by atoms with Gasteiger partial charge in [0.2, 0.25) is 5.96 Å². The molecule has 0 aliphatic heterocycles. The molecule has 1 aromatic heterocycles. The number of unbranched alkanes of at least 4 members (excludes halogenated alkanes) is 1. The number of nitrogens with zero attached hydrogens (tertiary/aromatic N) is 2. The summed E-state index contributed by atoms with van der Waals surface area (Å²) in [6, 6.07) is 17.0. The number of pyridine rings is 1. The lowest BCUT2D eigenvalue weighted by molar-refractivity contribution is 0.0978. The highest BCUT2D eigenvalue weighted by molar-refractivity contribution is 6.12. The zero-order valence-corrected chi connectivity index (χ0v) is 16.4. The molecular weight excluding hydrogens is 348 g/mol. The number of aliphatic imine (C=N–C) groups is 1. The topological polar surface area (TPSA) is 80.4 Å². The van der Waals surface area contributed by atoms with Crippen LogP contribution in [-0.2, 0) is 0 Å². The van der Waals surface area contributed by atoms with Crippen LogP contribution in [0.5, 0.6) is 0 Å². The monoisotopic (exact) mass is 374 g/mol. The molecule has 3 rings (SSSR count). The summed E-state index contributed by atoms with van der Waals surface area (Å²) in [6.07, 6.45) is 5.11. The van der Waals surface area contributed by atoms with E-state index in [2.05, 4.69) is 35.2 Å². The molecule has 0 saturated carbocycles. The zero-order valence-electron chi connectivity index (χ0n) is 16.4. The van der Waals surface area contributed by atoms with E-state index < -0.39 is 0 Å². The van der Waals surface area contributed by atoms with Crippen molar-refractivity contribution in [1.82, 2.24) is 10.3 Å². The minimum absolute atomic E-state index is 0.0635. The lowest BCUT2D eigenvalue weighted by Crippen LogP contribution is -2.36. The Morgan fingerprint density at radius 2 is 1.93 bits per heavy atom. The van der Waals surface area contributed by atoms with Crippen LogP contribution in [0.1, 0.15) is 54.9 Å². The maximum Gasteiger partial charge on any atom is 0.258 e. The molecule has 1 amide bonds. The number of benzene rings is 2. The lowest BCUT2D eigenvalue weighted by atomic mass is 9.92. The summed E-state index contributed by atoms with van der Waals surface area (Å²) >= 11 is 0. The molecule has 144 valence electrons. The Hall–Kier alpha value is -3.21. The SMILES string of the molecule is CCCCC(C)c1cccc2c(C(=O)NC(N)=Nc3ccccc3)ccnc12. The molecule has 0 aliphatic rings. The normalized spacial score (nSPS) is 12.7. The Balaban J connectivity index is 1.88. The number of aromatic nitrogens is 1. The Bertz CT molecular complexity index is 982.